The lowest BCUT2D eigenvalue weighted by molar-refractivity contribution is -0.117. The molecular weight excluding hydrogens is 156 g/mol. The topological polar surface area (TPSA) is 54.3 Å². The number of carbonyl (C=O) groups is 1. The quantitative estimate of drug-likeness (QED) is 0.605. The van der Waals surface area contributed by atoms with Gasteiger partial charge < -0.3 is 15.1 Å². The number of amides is 1. The first kappa shape index (κ1) is 6.11. The highest BCUT2D eigenvalue weighted by atomic mass is 16.3. The Morgan fingerprint density at radius 1 is 1.50 bits per heavy atom. The number of hydrogen-bond donors (Lipinski definition) is 2. The minimum atomic E-state index is -0.342. The fourth-order valence-electron chi connectivity index (χ4n) is 1.50. The predicted octanol–water partition coefficient (Wildman–Crippen LogP) is 1.18. The predicted molar refractivity (Wildman–Crippen MR) is 42.9 cm³/mol. The van der Waals surface area contributed by atoms with Gasteiger partial charge in [-0.2, -0.15) is 0 Å². The van der Waals surface area contributed by atoms with Crippen molar-refractivity contribution in [1.82, 2.24) is 0 Å². The molecule has 1 aromatic rings. The van der Waals surface area contributed by atoms with Gasteiger partial charge >= 0.3 is 0 Å². The molecule has 3 rings (SSSR count). The molecule has 4 heteroatoms. The van der Waals surface area contributed by atoms with E-state index in [9.17, 15) is 4.79 Å². The number of fused-ring (bicyclic) bond motifs is 1. The summed E-state index contributed by atoms with van der Waals surface area (Å²) < 4.78 is 5.15. The Kier molecular flexibility index (Phi) is 0.842. The highest BCUT2D eigenvalue weighted by Gasteiger charge is 2.53. The molecule has 1 spiro atoms. The van der Waals surface area contributed by atoms with Crippen LogP contribution >= 0.6 is 0 Å². The van der Waals surface area contributed by atoms with Gasteiger partial charge in [-0.05, 0) is 12.8 Å². The minimum Gasteiger partial charge on any atom is -0.447 e. The van der Waals surface area contributed by atoms with Gasteiger partial charge in [0, 0.05) is 6.07 Å². The Morgan fingerprint density at radius 3 is 3.08 bits per heavy atom. The molecule has 0 aromatic carbocycles. The van der Waals surface area contributed by atoms with Crippen molar-refractivity contribution in [2.45, 2.75) is 18.4 Å². The van der Waals surface area contributed by atoms with Gasteiger partial charge in [-0.25, -0.2) is 0 Å². The monoisotopic (exact) mass is 164 g/mol. The van der Waals surface area contributed by atoms with E-state index in [0.29, 0.717) is 5.88 Å². The number of hydrogen-bond acceptors (Lipinski definition) is 3. The fourth-order valence-corrected chi connectivity index (χ4v) is 1.50. The summed E-state index contributed by atoms with van der Waals surface area (Å²) in [6.07, 6.45) is 3.37. The molecule has 2 heterocycles. The van der Waals surface area contributed by atoms with Crippen LogP contribution in [0.5, 0.6) is 0 Å². The van der Waals surface area contributed by atoms with Gasteiger partial charge in [0.05, 0.1) is 6.26 Å². The van der Waals surface area contributed by atoms with Gasteiger partial charge in [0.2, 0.25) is 11.8 Å². The van der Waals surface area contributed by atoms with Crippen molar-refractivity contribution in [1.29, 1.82) is 0 Å². The standard InChI is InChI=1S/C8H8N2O2/c11-7-8(2-3-8)10-6-5(9-7)1-4-12-6/h1,4,10H,2-3H2,(H,9,11). The third-order valence-electron chi connectivity index (χ3n) is 2.45. The van der Waals surface area contributed by atoms with Crippen molar-refractivity contribution in [2.24, 2.45) is 0 Å². The summed E-state index contributed by atoms with van der Waals surface area (Å²) in [7, 11) is 0. The molecule has 0 unspecified atom stereocenters. The van der Waals surface area contributed by atoms with Crippen molar-refractivity contribution in [3.63, 3.8) is 0 Å². The highest BCUT2D eigenvalue weighted by Crippen LogP contribution is 2.45. The summed E-state index contributed by atoms with van der Waals surface area (Å²) in [5, 5.41) is 5.90. The van der Waals surface area contributed by atoms with Crippen molar-refractivity contribution in [3.8, 4) is 0 Å². The van der Waals surface area contributed by atoms with Crippen LogP contribution in [0.2, 0.25) is 0 Å². The van der Waals surface area contributed by atoms with Crippen LogP contribution in [0.15, 0.2) is 16.7 Å². The van der Waals surface area contributed by atoms with Gasteiger partial charge in [-0.1, -0.05) is 0 Å². The Labute approximate surface area is 68.9 Å². The molecule has 1 aliphatic carbocycles. The molecular formula is C8H8N2O2. The van der Waals surface area contributed by atoms with E-state index in [0.717, 1.165) is 18.5 Å². The Hall–Kier alpha value is -1.45. The maximum absolute atomic E-state index is 11.4. The van der Waals surface area contributed by atoms with E-state index in [-0.39, 0.29) is 11.4 Å². The highest BCUT2D eigenvalue weighted by molar-refractivity contribution is 6.07. The molecule has 62 valence electrons. The van der Waals surface area contributed by atoms with E-state index in [4.69, 9.17) is 4.42 Å². The average Bonchev–Trinajstić information content (AvgIpc) is 2.67. The SMILES string of the molecule is O=C1Nc2ccoc2NC12CC2. The summed E-state index contributed by atoms with van der Waals surface area (Å²) in [6, 6.07) is 1.75. The average molecular weight is 164 g/mol. The van der Waals surface area contributed by atoms with Crippen LogP contribution in [-0.2, 0) is 4.79 Å². The summed E-state index contributed by atoms with van der Waals surface area (Å²) in [4.78, 5) is 11.4. The van der Waals surface area contributed by atoms with Crippen molar-refractivity contribution in [2.75, 3.05) is 10.6 Å². The van der Waals surface area contributed by atoms with Crippen LogP contribution in [0.25, 0.3) is 0 Å². The molecule has 12 heavy (non-hydrogen) atoms. The minimum absolute atomic E-state index is 0.0661. The first-order valence-electron chi connectivity index (χ1n) is 3.97. The summed E-state index contributed by atoms with van der Waals surface area (Å²) in [5.74, 6) is 0.753. The second-order valence-corrected chi connectivity index (χ2v) is 3.32. The molecule has 1 fully saturated rings. The lowest BCUT2D eigenvalue weighted by atomic mass is 10.2. The molecule has 4 nitrogen and oxygen atoms in total. The summed E-state index contributed by atoms with van der Waals surface area (Å²) in [6.45, 7) is 0. The molecule has 2 aliphatic rings. The molecule has 0 radical (unpaired) electrons. The lowest BCUT2D eigenvalue weighted by Crippen LogP contribution is -2.40. The maximum Gasteiger partial charge on any atom is 0.250 e. The Balaban J connectivity index is 2.07. The van der Waals surface area contributed by atoms with Crippen molar-refractivity contribution < 1.29 is 9.21 Å². The Bertz CT molecular complexity index is 352. The third-order valence-corrected chi connectivity index (χ3v) is 2.45. The van der Waals surface area contributed by atoms with E-state index >= 15 is 0 Å². The smallest absolute Gasteiger partial charge is 0.250 e. The van der Waals surface area contributed by atoms with E-state index < -0.39 is 0 Å². The number of carbonyl (C=O) groups excluding carboxylic acids is 1. The van der Waals surface area contributed by atoms with Crippen LogP contribution in [0, 0.1) is 0 Å². The summed E-state index contributed by atoms with van der Waals surface area (Å²) in [5.41, 5.74) is 0.405. The van der Waals surface area contributed by atoms with E-state index in [1.54, 1.807) is 12.3 Å². The molecule has 2 N–H and O–H groups in total. The van der Waals surface area contributed by atoms with Gasteiger partial charge in [-0.15, -0.1) is 0 Å². The zero-order valence-corrected chi connectivity index (χ0v) is 6.39. The molecule has 0 atom stereocenters. The van der Waals surface area contributed by atoms with Crippen LogP contribution in [-0.4, -0.2) is 11.4 Å². The first-order chi connectivity index (χ1) is 5.80. The third kappa shape index (κ3) is 0.598. The van der Waals surface area contributed by atoms with Gasteiger partial charge in [-0.3, -0.25) is 4.79 Å². The van der Waals surface area contributed by atoms with E-state index in [2.05, 4.69) is 10.6 Å². The lowest BCUT2D eigenvalue weighted by Gasteiger charge is -2.22. The number of anilines is 2. The fraction of sp³-hybridized carbons (Fsp3) is 0.375. The molecule has 1 saturated carbocycles. The first-order valence-corrected chi connectivity index (χ1v) is 3.97. The van der Waals surface area contributed by atoms with Crippen molar-refractivity contribution in [3.05, 3.63) is 12.3 Å². The van der Waals surface area contributed by atoms with E-state index in [1.807, 2.05) is 0 Å². The number of nitrogens with one attached hydrogen (secondary N) is 2. The molecule has 0 bridgehead atoms. The van der Waals surface area contributed by atoms with Crippen LogP contribution in [0.3, 0.4) is 0 Å². The summed E-state index contributed by atoms with van der Waals surface area (Å²) >= 11 is 0. The second kappa shape index (κ2) is 1.65. The number of rotatable bonds is 0. The van der Waals surface area contributed by atoms with Crippen LogP contribution < -0.4 is 10.6 Å². The molecule has 1 amide bonds. The van der Waals surface area contributed by atoms with Crippen LogP contribution in [0.4, 0.5) is 11.6 Å². The molecule has 1 aliphatic heterocycles. The molecule has 0 saturated heterocycles. The molecule has 1 aromatic heterocycles. The normalized spacial score (nSPS) is 22.8. The maximum atomic E-state index is 11.4. The van der Waals surface area contributed by atoms with Gasteiger partial charge in [0.1, 0.15) is 11.2 Å². The second-order valence-electron chi connectivity index (χ2n) is 3.32. The van der Waals surface area contributed by atoms with Gasteiger partial charge in [0.25, 0.3) is 0 Å². The van der Waals surface area contributed by atoms with Gasteiger partial charge in [0.15, 0.2) is 0 Å². The zero-order chi connectivity index (χ0) is 8.18. The Morgan fingerprint density at radius 2 is 2.33 bits per heavy atom. The van der Waals surface area contributed by atoms with Crippen LogP contribution in [0.1, 0.15) is 12.8 Å². The zero-order valence-electron chi connectivity index (χ0n) is 6.39. The van der Waals surface area contributed by atoms with Crippen molar-refractivity contribution >= 4 is 17.5 Å². The largest absolute Gasteiger partial charge is 0.447 e. The number of furan rings is 1. The van der Waals surface area contributed by atoms with E-state index in [1.165, 1.54) is 0 Å².